The monoisotopic (exact) mass is 369 g/mol. The molecule has 0 saturated carbocycles. The Bertz CT molecular complexity index is 801. The number of para-hydroxylation sites is 1. The van der Waals surface area contributed by atoms with Gasteiger partial charge in [-0.2, -0.15) is 0 Å². The molecule has 0 aliphatic heterocycles. The number of esters is 1. The smallest absolute Gasteiger partial charge is 0.331 e. The van der Waals surface area contributed by atoms with Crippen molar-refractivity contribution in [1.29, 1.82) is 0 Å². The van der Waals surface area contributed by atoms with Crippen molar-refractivity contribution in [1.82, 2.24) is 0 Å². The lowest BCUT2D eigenvalue weighted by molar-refractivity contribution is -0.148. The number of nitrogens with one attached hydrogen (secondary N) is 1. The van der Waals surface area contributed by atoms with Crippen LogP contribution in [0.25, 0.3) is 6.08 Å². The lowest BCUT2D eigenvalue weighted by Gasteiger charge is -2.12. The Balaban J connectivity index is 1.94. The highest BCUT2D eigenvalue weighted by Gasteiger charge is 2.16. The summed E-state index contributed by atoms with van der Waals surface area (Å²) in [6.45, 7) is 3.89. The molecule has 0 unspecified atom stereocenters. The molecule has 1 N–H and O–H groups in total. The molecule has 0 saturated heterocycles. The zero-order valence-corrected chi connectivity index (χ0v) is 15.6. The van der Waals surface area contributed by atoms with Gasteiger partial charge < -0.3 is 19.5 Å². The number of hydrogen-bond donors (Lipinski definition) is 1. The van der Waals surface area contributed by atoms with Crippen LogP contribution in [0, 0.1) is 0 Å². The first-order chi connectivity index (χ1) is 13.0. The fraction of sp³-hybridized carbons (Fsp3) is 0.238. The normalized spacial score (nSPS) is 11.7. The first-order valence-corrected chi connectivity index (χ1v) is 8.59. The Kier molecular flexibility index (Phi) is 7.43. The molecule has 6 nitrogen and oxygen atoms in total. The van der Waals surface area contributed by atoms with Gasteiger partial charge in [-0.1, -0.05) is 24.3 Å². The standard InChI is InChI=1S/C21H23NO5/c1-4-26-19-14-16(10-12-18(19)25-3)11-13-20(23)27-15(2)21(24)22-17-8-6-5-7-9-17/h5-15H,4H2,1-3H3,(H,22,24)/b13-11+/t15-/m1/s1. The minimum atomic E-state index is -0.919. The van der Waals surface area contributed by atoms with E-state index >= 15 is 0 Å². The molecule has 27 heavy (non-hydrogen) atoms. The van der Waals surface area contributed by atoms with Crippen LogP contribution in [0.15, 0.2) is 54.6 Å². The largest absolute Gasteiger partial charge is 0.493 e. The van der Waals surface area contributed by atoms with E-state index in [-0.39, 0.29) is 0 Å². The maximum Gasteiger partial charge on any atom is 0.331 e. The lowest BCUT2D eigenvalue weighted by atomic mass is 10.2. The molecule has 0 radical (unpaired) electrons. The fourth-order valence-electron chi connectivity index (χ4n) is 2.26. The predicted molar refractivity (Wildman–Crippen MR) is 104 cm³/mol. The summed E-state index contributed by atoms with van der Waals surface area (Å²) in [6.07, 6.45) is 1.94. The first kappa shape index (κ1) is 20.0. The zero-order valence-electron chi connectivity index (χ0n) is 15.6. The number of carbonyl (C=O) groups is 2. The second-order valence-electron chi connectivity index (χ2n) is 5.61. The molecule has 2 rings (SSSR count). The van der Waals surface area contributed by atoms with Crippen LogP contribution in [0.4, 0.5) is 5.69 Å². The molecule has 1 amide bonds. The summed E-state index contributed by atoms with van der Waals surface area (Å²) in [4.78, 5) is 24.0. The summed E-state index contributed by atoms with van der Waals surface area (Å²) in [5.41, 5.74) is 1.39. The first-order valence-electron chi connectivity index (χ1n) is 8.59. The van der Waals surface area contributed by atoms with Crippen molar-refractivity contribution in [3.63, 3.8) is 0 Å². The summed E-state index contributed by atoms with van der Waals surface area (Å²) in [5, 5.41) is 2.68. The van der Waals surface area contributed by atoms with Gasteiger partial charge in [0.1, 0.15) is 0 Å². The maximum atomic E-state index is 12.1. The molecule has 0 spiro atoms. The highest BCUT2D eigenvalue weighted by Crippen LogP contribution is 2.28. The second-order valence-corrected chi connectivity index (χ2v) is 5.61. The Morgan fingerprint density at radius 2 is 1.85 bits per heavy atom. The van der Waals surface area contributed by atoms with Crippen molar-refractivity contribution >= 4 is 23.6 Å². The molecule has 0 bridgehead atoms. The average molecular weight is 369 g/mol. The van der Waals surface area contributed by atoms with Crippen molar-refractivity contribution in [2.45, 2.75) is 20.0 Å². The number of benzene rings is 2. The number of anilines is 1. The topological polar surface area (TPSA) is 73.9 Å². The minimum absolute atomic E-state index is 0.397. The lowest BCUT2D eigenvalue weighted by Crippen LogP contribution is -2.29. The third-order valence-corrected chi connectivity index (χ3v) is 3.60. The van der Waals surface area contributed by atoms with Crippen molar-refractivity contribution in [3.05, 3.63) is 60.2 Å². The number of carbonyl (C=O) groups excluding carboxylic acids is 2. The van der Waals surface area contributed by atoms with E-state index in [1.165, 1.54) is 13.0 Å². The van der Waals surface area contributed by atoms with Crippen LogP contribution in [0.5, 0.6) is 11.5 Å². The van der Waals surface area contributed by atoms with Crippen LogP contribution in [0.3, 0.4) is 0 Å². The van der Waals surface area contributed by atoms with Gasteiger partial charge in [-0.25, -0.2) is 4.79 Å². The molecule has 2 aromatic carbocycles. The third-order valence-electron chi connectivity index (χ3n) is 3.60. The summed E-state index contributed by atoms with van der Waals surface area (Å²) < 4.78 is 15.9. The quantitative estimate of drug-likeness (QED) is 0.568. The van der Waals surface area contributed by atoms with Gasteiger partial charge in [-0.05, 0) is 49.8 Å². The molecular formula is C21H23NO5. The Morgan fingerprint density at radius 1 is 1.11 bits per heavy atom. The van der Waals surface area contributed by atoms with Crippen LogP contribution < -0.4 is 14.8 Å². The van der Waals surface area contributed by atoms with E-state index < -0.39 is 18.0 Å². The molecule has 142 valence electrons. The van der Waals surface area contributed by atoms with Crippen LogP contribution in [0.1, 0.15) is 19.4 Å². The van der Waals surface area contributed by atoms with E-state index in [0.29, 0.717) is 23.8 Å². The fourth-order valence-corrected chi connectivity index (χ4v) is 2.26. The van der Waals surface area contributed by atoms with E-state index in [9.17, 15) is 9.59 Å². The number of methoxy groups -OCH3 is 1. The molecular weight excluding hydrogens is 346 g/mol. The van der Waals surface area contributed by atoms with Crippen LogP contribution >= 0.6 is 0 Å². The van der Waals surface area contributed by atoms with Crippen LogP contribution in [-0.4, -0.2) is 31.7 Å². The van der Waals surface area contributed by atoms with E-state index in [1.54, 1.807) is 55.7 Å². The molecule has 6 heteroatoms. The number of hydrogen-bond acceptors (Lipinski definition) is 5. The highest BCUT2D eigenvalue weighted by atomic mass is 16.5. The van der Waals surface area contributed by atoms with Crippen molar-refractivity contribution in [2.75, 3.05) is 19.0 Å². The SMILES string of the molecule is CCOc1cc(/C=C/C(=O)O[C@H](C)C(=O)Nc2ccccc2)ccc1OC. The maximum absolute atomic E-state index is 12.1. The second kappa shape index (κ2) is 10.0. The van der Waals surface area contributed by atoms with E-state index in [1.807, 2.05) is 13.0 Å². The minimum Gasteiger partial charge on any atom is -0.493 e. The van der Waals surface area contributed by atoms with Crippen molar-refractivity contribution in [2.24, 2.45) is 0 Å². The number of amides is 1. The van der Waals surface area contributed by atoms with Crippen molar-refractivity contribution in [3.8, 4) is 11.5 Å². The summed E-state index contributed by atoms with van der Waals surface area (Å²) >= 11 is 0. The van der Waals surface area contributed by atoms with E-state index in [0.717, 1.165) is 5.56 Å². The van der Waals surface area contributed by atoms with E-state index in [2.05, 4.69) is 5.32 Å². The predicted octanol–water partition coefficient (Wildman–Crippen LogP) is 3.68. The van der Waals surface area contributed by atoms with Gasteiger partial charge in [0.15, 0.2) is 17.6 Å². The Morgan fingerprint density at radius 3 is 2.52 bits per heavy atom. The molecule has 0 aromatic heterocycles. The van der Waals surface area contributed by atoms with Gasteiger partial charge in [0.2, 0.25) is 0 Å². The molecule has 0 aliphatic rings. The molecule has 1 atom stereocenters. The summed E-state index contributed by atoms with van der Waals surface area (Å²) in [5.74, 6) is 0.194. The van der Waals surface area contributed by atoms with Crippen molar-refractivity contribution < 1.29 is 23.8 Å². The molecule has 0 aliphatic carbocycles. The number of ether oxygens (including phenoxy) is 3. The van der Waals surface area contributed by atoms with Gasteiger partial charge in [0, 0.05) is 11.8 Å². The average Bonchev–Trinajstić information content (AvgIpc) is 2.67. The molecule has 0 heterocycles. The van der Waals surface area contributed by atoms with Gasteiger partial charge in [0.05, 0.1) is 13.7 Å². The number of rotatable bonds is 8. The van der Waals surface area contributed by atoms with Crippen LogP contribution in [0.2, 0.25) is 0 Å². The third kappa shape index (κ3) is 6.18. The highest BCUT2D eigenvalue weighted by molar-refractivity contribution is 5.96. The van der Waals surface area contributed by atoms with Gasteiger partial charge in [-0.15, -0.1) is 0 Å². The Labute approximate surface area is 158 Å². The van der Waals surface area contributed by atoms with Gasteiger partial charge in [-0.3, -0.25) is 4.79 Å². The van der Waals surface area contributed by atoms with Gasteiger partial charge >= 0.3 is 5.97 Å². The van der Waals surface area contributed by atoms with Gasteiger partial charge in [0.25, 0.3) is 5.91 Å². The van der Waals surface area contributed by atoms with E-state index in [4.69, 9.17) is 14.2 Å². The molecule has 2 aromatic rings. The summed E-state index contributed by atoms with van der Waals surface area (Å²) in [7, 11) is 1.56. The Hall–Kier alpha value is -3.28. The zero-order chi connectivity index (χ0) is 19.6. The molecule has 0 fully saturated rings. The van der Waals surface area contributed by atoms with Crippen LogP contribution in [-0.2, 0) is 14.3 Å². The summed E-state index contributed by atoms with van der Waals surface area (Å²) in [6, 6.07) is 14.3.